The van der Waals surface area contributed by atoms with Crippen molar-refractivity contribution in [3.63, 3.8) is 0 Å². The Kier molecular flexibility index (Phi) is 20.4. The largest absolute Gasteiger partial charge is 2.00 e. The second-order valence-electron chi connectivity index (χ2n) is 18.6. The number of pyridine rings is 2. The van der Waals surface area contributed by atoms with E-state index in [1.807, 2.05) is 41.5 Å². The summed E-state index contributed by atoms with van der Waals surface area (Å²) in [6.07, 6.45) is -1.14. The minimum atomic E-state index is -4.45. The number of hydrogen-bond donors (Lipinski definition) is 0. The average Bonchev–Trinajstić information content (AvgIpc) is 3.94. The van der Waals surface area contributed by atoms with Crippen molar-refractivity contribution in [2.75, 3.05) is 13.2 Å². The van der Waals surface area contributed by atoms with Crippen LogP contribution < -0.4 is 29.2 Å². The number of carboxylic acid groups (broad SMARTS) is 2. The quantitative estimate of drug-likeness (QED) is 0.0404. The van der Waals surface area contributed by atoms with Crippen molar-refractivity contribution < 1.29 is 65.1 Å². The topological polar surface area (TPSA) is 179 Å². The van der Waals surface area contributed by atoms with Crippen molar-refractivity contribution in [3.8, 4) is 34.6 Å². The van der Waals surface area contributed by atoms with Crippen molar-refractivity contribution >= 4 is 49.7 Å². The van der Waals surface area contributed by atoms with E-state index in [0.29, 0.717) is 73.5 Å². The Morgan fingerprint density at radius 2 is 0.945 bits per heavy atom. The van der Waals surface area contributed by atoms with Crippen LogP contribution in [0.2, 0.25) is 0 Å². The van der Waals surface area contributed by atoms with Gasteiger partial charge in [0, 0.05) is 36.9 Å². The molecular formula is C52H58CaF6N6O8. The van der Waals surface area contributed by atoms with E-state index in [4.69, 9.17) is 18.9 Å². The van der Waals surface area contributed by atoms with E-state index in [-0.39, 0.29) is 49.6 Å². The Morgan fingerprint density at radius 3 is 1.23 bits per heavy atom. The number of aromatic nitrogens is 6. The van der Waals surface area contributed by atoms with Crippen LogP contribution in [0.1, 0.15) is 125 Å². The minimum absolute atomic E-state index is 0. The van der Waals surface area contributed by atoms with Gasteiger partial charge < -0.3 is 38.7 Å². The van der Waals surface area contributed by atoms with Crippen molar-refractivity contribution in [2.24, 2.45) is 0 Å². The van der Waals surface area contributed by atoms with Gasteiger partial charge in [-0.15, -0.1) is 0 Å². The number of benzene rings is 2. The van der Waals surface area contributed by atoms with E-state index in [1.165, 1.54) is 49.2 Å². The van der Waals surface area contributed by atoms with Gasteiger partial charge in [0.05, 0.1) is 47.7 Å². The zero-order valence-corrected chi connectivity index (χ0v) is 44.6. The van der Waals surface area contributed by atoms with Crippen LogP contribution in [0.25, 0.3) is 11.6 Å². The molecular weight excluding hydrogens is 991 g/mol. The summed E-state index contributed by atoms with van der Waals surface area (Å²) in [7, 11) is 0. The number of carbonyl (C=O) groups is 2. The number of halogens is 6. The molecule has 0 saturated heterocycles. The SMILES string of the molecule is Cc1ccc(OC(C)(C)C(=O)[O-])cc1OCCCc1cn(-c2ccc(C(F)(F)F)cn2)nc1C(C)C.Cc1ccc(OC(C)(C)C(=O)[O-])cc1OCCCc1cn(-c2ccc(C(F)(F)F)cn2)nc1C(C)C.[Ca+2]. The first-order valence-corrected chi connectivity index (χ1v) is 23.1. The Labute approximate surface area is 450 Å². The molecule has 0 saturated carbocycles. The van der Waals surface area contributed by atoms with Crippen LogP contribution in [-0.4, -0.2) is 104 Å². The van der Waals surface area contributed by atoms with Crippen LogP contribution in [0.4, 0.5) is 26.3 Å². The molecule has 0 unspecified atom stereocenters. The number of carboxylic acids is 2. The van der Waals surface area contributed by atoms with E-state index in [1.54, 1.807) is 48.8 Å². The fraction of sp³-hybridized carbons (Fsp3) is 0.423. The number of alkyl halides is 6. The molecule has 0 radical (unpaired) electrons. The molecule has 21 heteroatoms. The summed E-state index contributed by atoms with van der Waals surface area (Å²) >= 11 is 0. The zero-order valence-electron chi connectivity index (χ0n) is 42.4. The molecule has 0 spiro atoms. The molecule has 14 nitrogen and oxygen atoms in total. The third kappa shape index (κ3) is 16.6. The molecule has 0 amide bonds. The molecule has 0 fully saturated rings. The molecule has 4 aromatic heterocycles. The first-order chi connectivity index (χ1) is 33.5. The number of hydrogen-bond acceptors (Lipinski definition) is 12. The summed E-state index contributed by atoms with van der Waals surface area (Å²) in [5.41, 5.74) is 0.750. The van der Waals surface area contributed by atoms with Gasteiger partial charge in [0.2, 0.25) is 0 Å². The summed E-state index contributed by atoms with van der Waals surface area (Å²) in [6.45, 7) is 18.2. The number of ether oxygens (including phenoxy) is 4. The number of carbonyl (C=O) groups excluding carboxylic acids is 2. The van der Waals surface area contributed by atoms with Crippen LogP contribution in [0.3, 0.4) is 0 Å². The van der Waals surface area contributed by atoms with E-state index < -0.39 is 46.6 Å². The zero-order chi connectivity index (χ0) is 53.3. The first kappa shape index (κ1) is 59.7. The summed E-state index contributed by atoms with van der Waals surface area (Å²) in [6, 6.07) is 14.8. The molecule has 0 bridgehead atoms. The van der Waals surface area contributed by atoms with Crippen LogP contribution >= 0.6 is 0 Å². The predicted molar refractivity (Wildman–Crippen MR) is 256 cm³/mol. The van der Waals surface area contributed by atoms with Crippen molar-refractivity contribution in [1.29, 1.82) is 0 Å². The van der Waals surface area contributed by atoms with Crippen LogP contribution in [0, 0.1) is 13.8 Å². The van der Waals surface area contributed by atoms with Gasteiger partial charge >= 0.3 is 50.1 Å². The molecule has 6 aromatic rings. The predicted octanol–water partition coefficient (Wildman–Crippen LogP) is 8.89. The summed E-state index contributed by atoms with van der Waals surface area (Å²) < 4.78 is 103. The smallest absolute Gasteiger partial charge is 0.546 e. The van der Waals surface area contributed by atoms with E-state index in [2.05, 4.69) is 20.2 Å². The van der Waals surface area contributed by atoms with Gasteiger partial charge in [0.25, 0.3) is 0 Å². The van der Waals surface area contributed by atoms with Crippen LogP contribution in [0.5, 0.6) is 23.0 Å². The van der Waals surface area contributed by atoms with Crippen molar-refractivity contribution in [3.05, 3.63) is 130 Å². The fourth-order valence-corrected chi connectivity index (χ4v) is 6.98. The van der Waals surface area contributed by atoms with Gasteiger partial charge in [-0.2, -0.15) is 36.5 Å². The number of nitrogens with zero attached hydrogens (tertiary/aromatic N) is 6. The Balaban J connectivity index is 0.000000312. The third-order valence-corrected chi connectivity index (χ3v) is 11.1. The molecule has 4 heterocycles. The first-order valence-electron chi connectivity index (χ1n) is 23.1. The van der Waals surface area contributed by atoms with Gasteiger partial charge in [0.1, 0.15) is 34.2 Å². The van der Waals surface area contributed by atoms with Gasteiger partial charge in [-0.1, -0.05) is 39.8 Å². The molecule has 2 aromatic carbocycles. The van der Waals surface area contributed by atoms with E-state index in [0.717, 1.165) is 58.2 Å². The van der Waals surface area contributed by atoms with E-state index in [9.17, 15) is 46.1 Å². The molecule has 0 aliphatic rings. The standard InChI is InChI=1S/2C26H30F3N3O4.Ca/c2*1-16(2)23-18(15-32(31-23)22-11-9-19(14-30-22)26(27,28)29)7-6-12-35-21-13-20(10-8-17(21)3)36-25(4,5)24(33)34;/h2*8-11,13-16H,6-7,12H2,1-5H3,(H,33,34);/q;;+2/p-2. The molecule has 0 aliphatic heterocycles. The second-order valence-corrected chi connectivity index (χ2v) is 18.6. The summed E-state index contributed by atoms with van der Waals surface area (Å²) in [5.74, 6) is 0.0652. The fourth-order valence-electron chi connectivity index (χ4n) is 6.98. The minimum Gasteiger partial charge on any atom is -0.546 e. The van der Waals surface area contributed by atoms with Gasteiger partial charge in [-0.25, -0.2) is 19.3 Å². The normalized spacial score (nSPS) is 12.0. The Bertz CT molecular complexity index is 2600. The molecule has 0 atom stereocenters. The maximum atomic E-state index is 12.8. The Morgan fingerprint density at radius 1 is 0.589 bits per heavy atom. The number of aliphatic carboxylic acids is 2. The van der Waals surface area contributed by atoms with E-state index >= 15 is 0 Å². The summed E-state index contributed by atoms with van der Waals surface area (Å²) in [5, 5.41) is 31.5. The third-order valence-electron chi connectivity index (χ3n) is 11.1. The van der Waals surface area contributed by atoms with Crippen LogP contribution in [0.15, 0.2) is 85.5 Å². The number of rotatable bonds is 20. The Hall–Kier alpha value is -5.86. The van der Waals surface area contributed by atoms with Crippen LogP contribution in [-0.2, 0) is 34.8 Å². The molecule has 388 valence electrons. The monoisotopic (exact) mass is 1050 g/mol. The molecule has 0 aliphatic carbocycles. The van der Waals surface area contributed by atoms with Crippen molar-refractivity contribution in [2.45, 2.75) is 130 Å². The average molecular weight is 1050 g/mol. The molecule has 73 heavy (non-hydrogen) atoms. The molecule has 6 rings (SSSR count). The maximum Gasteiger partial charge on any atom is 2.00 e. The molecule has 0 N–H and O–H groups in total. The summed E-state index contributed by atoms with van der Waals surface area (Å²) in [4.78, 5) is 30.3. The van der Waals surface area contributed by atoms with Gasteiger partial charge in [-0.3, -0.25) is 0 Å². The van der Waals surface area contributed by atoms with Gasteiger partial charge in [0.15, 0.2) is 11.6 Å². The maximum absolute atomic E-state index is 12.8. The second kappa shape index (κ2) is 24.9. The number of aryl methyl sites for hydroxylation is 4. The van der Waals surface area contributed by atoms with Gasteiger partial charge in [-0.05, 0) is 138 Å². The van der Waals surface area contributed by atoms with Crippen molar-refractivity contribution in [1.82, 2.24) is 29.5 Å².